The topological polar surface area (TPSA) is 128 Å². The number of nitrogens with zero attached hydrogens (tertiary/aromatic N) is 3. The van der Waals surface area contributed by atoms with Crippen molar-refractivity contribution in [3.8, 4) is 50.8 Å². The van der Waals surface area contributed by atoms with E-state index in [4.69, 9.17) is 18.6 Å². The van der Waals surface area contributed by atoms with E-state index < -0.39 is 21.7 Å². The van der Waals surface area contributed by atoms with E-state index in [-0.39, 0.29) is 22.8 Å². The van der Waals surface area contributed by atoms with Crippen LogP contribution in [0.1, 0.15) is 10.4 Å². The molecule has 0 aliphatic heterocycles. The number of pyridine rings is 1. The summed E-state index contributed by atoms with van der Waals surface area (Å²) < 4.78 is 59.0. The number of nitrogens with one attached hydrogen (secondary N) is 1. The lowest BCUT2D eigenvalue weighted by Gasteiger charge is -2.21. The molecular formula is C37H29FN4O6S. The van der Waals surface area contributed by atoms with E-state index in [0.717, 1.165) is 21.7 Å². The van der Waals surface area contributed by atoms with E-state index in [2.05, 4.69) is 10.3 Å². The Morgan fingerprint density at radius 1 is 0.878 bits per heavy atom. The highest BCUT2D eigenvalue weighted by Gasteiger charge is 2.27. The lowest BCUT2D eigenvalue weighted by molar-refractivity contribution is 0.0964. The van der Waals surface area contributed by atoms with Crippen LogP contribution in [0.25, 0.3) is 67.1 Å². The molecule has 4 aromatic carbocycles. The summed E-state index contributed by atoms with van der Waals surface area (Å²) in [5.41, 5.74) is 5.76. The number of para-hydroxylation sites is 1. The van der Waals surface area contributed by atoms with Crippen molar-refractivity contribution in [3.05, 3.63) is 109 Å². The maximum Gasteiger partial charge on any atom is 0.255 e. The van der Waals surface area contributed by atoms with E-state index in [1.165, 1.54) is 45.5 Å². The smallest absolute Gasteiger partial charge is 0.255 e. The second kappa shape index (κ2) is 12.2. The number of halogens is 1. The van der Waals surface area contributed by atoms with Gasteiger partial charge in [-0.2, -0.15) is 0 Å². The van der Waals surface area contributed by atoms with Gasteiger partial charge in [0.1, 0.15) is 28.4 Å². The summed E-state index contributed by atoms with van der Waals surface area (Å²) in [5.74, 6) is 0.107. The Bertz CT molecular complexity index is 2490. The maximum atomic E-state index is 13.8. The fraction of sp³-hybridized carbons (Fsp3) is 0.108. The minimum absolute atomic E-state index is 0.214. The fourth-order valence-corrected chi connectivity index (χ4v) is 6.33. The van der Waals surface area contributed by atoms with Crippen LogP contribution in [-0.4, -0.2) is 51.8 Å². The van der Waals surface area contributed by atoms with Gasteiger partial charge < -0.3 is 18.9 Å². The highest BCUT2D eigenvalue weighted by Crippen LogP contribution is 2.44. The second-order valence-electron chi connectivity index (χ2n) is 11.3. The Hall–Kier alpha value is -6.01. The molecule has 0 saturated carbocycles. The zero-order valence-electron chi connectivity index (χ0n) is 26.8. The molecule has 0 fully saturated rings. The van der Waals surface area contributed by atoms with E-state index in [1.807, 2.05) is 30.3 Å². The number of hydrogen-bond acceptors (Lipinski definition) is 8. The van der Waals surface area contributed by atoms with Crippen LogP contribution < -0.4 is 14.4 Å². The fourth-order valence-electron chi connectivity index (χ4n) is 5.82. The molecule has 1 N–H and O–H groups in total. The van der Waals surface area contributed by atoms with Crippen molar-refractivity contribution in [2.75, 3.05) is 31.8 Å². The van der Waals surface area contributed by atoms with Gasteiger partial charge in [0.25, 0.3) is 5.91 Å². The molecule has 0 unspecified atom stereocenters. The maximum absolute atomic E-state index is 13.8. The zero-order valence-corrected chi connectivity index (χ0v) is 27.6. The van der Waals surface area contributed by atoms with Crippen LogP contribution >= 0.6 is 0 Å². The Morgan fingerprint density at radius 3 is 2.35 bits per heavy atom. The van der Waals surface area contributed by atoms with Crippen LogP contribution in [0.15, 0.2) is 106 Å². The van der Waals surface area contributed by atoms with Crippen molar-refractivity contribution in [2.45, 2.75) is 0 Å². The van der Waals surface area contributed by atoms with Gasteiger partial charge in [-0.05, 0) is 60.2 Å². The predicted octanol–water partition coefficient (Wildman–Crippen LogP) is 7.54. The third-order valence-corrected chi connectivity index (χ3v) is 9.53. The Labute approximate surface area is 280 Å². The van der Waals surface area contributed by atoms with Gasteiger partial charge in [0, 0.05) is 60.2 Å². The third-order valence-electron chi connectivity index (χ3n) is 8.34. The molecule has 0 spiro atoms. The first-order valence-electron chi connectivity index (χ1n) is 15.1. The van der Waals surface area contributed by atoms with Gasteiger partial charge in [-0.15, -0.1) is 0 Å². The number of rotatable bonds is 8. The highest BCUT2D eigenvalue weighted by molar-refractivity contribution is 7.92. The average molecular weight is 677 g/mol. The lowest BCUT2D eigenvalue weighted by atomic mass is 9.97. The number of amides is 1. The molecule has 0 aliphatic rings. The molecule has 12 heteroatoms. The monoisotopic (exact) mass is 676 g/mol. The largest absolute Gasteiger partial charge is 0.496 e. The number of benzene rings is 4. The highest BCUT2D eigenvalue weighted by atomic mass is 32.2. The SMILES string of the molecule is CNC(=O)c1c(-c2ccc(F)cc2)oc2cc(N(C)S(C)(=O)=O)c(-c3ccc(OC)c(-c4nc5c(-c6cccnc6)cccc5o4)c3)cc12. The number of sulfonamides is 1. The molecule has 0 atom stereocenters. The van der Waals surface area contributed by atoms with E-state index >= 15 is 0 Å². The van der Waals surface area contributed by atoms with Crippen molar-refractivity contribution in [1.29, 1.82) is 0 Å². The molecule has 7 aromatic rings. The molecule has 0 radical (unpaired) electrons. The Morgan fingerprint density at radius 2 is 1.65 bits per heavy atom. The summed E-state index contributed by atoms with van der Waals surface area (Å²) in [6.45, 7) is 0. The van der Waals surface area contributed by atoms with Gasteiger partial charge in [0.05, 0.1) is 30.2 Å². The van der Waals surface area contributed by atoms with Crippen LogP contribution in [0.5, 0.6) is 5.75 Å². The molecule has 3 heterocycles. The first-order chi connectivity index (χ1) is 23.6. The number of aromatic nitrogens is 2. The first kappa shape index (κ1) is 31.6. The molecule has 10 nitrogen and oxygen atoms in total. The lowest BCUT2D eigenvalue weighted by Crippen LogP contribution is -2.25. The molecule has 7 rings (SSSR count). The van der Waals surface area contributed by atoms with Crippen molar-refractivity contribution in [3.63, 3.8) is 0 Å². The third kappa shape index (κ3) is 5.65. The van der Waals surface area contributed by atoms with Gasteiger partial charge in [0.15, 0.2) is 5.58 Å². The average Bonchev–Trinajstić information content (AvgIpc) is 3.72. The van der Waals surface area contributed by atoms with Gasteiger partial charge in [-0.25, -0.2) is 17.8 Å². The number of methoxy groups -OCH3 is 1. The van der Waals surface area contributed by atoms with Crippen LogP contribution in [0.4, 0.5) is 10.1 Å². The van der Waals surface area contributed by atoms with E-state index in [0.29, 0.717) is 50.2 Å². The summed E-state index contributed by atoms with van der Waals surface area (Å²) in [6, 6.07) is 23.6. The van der Waals surface area contributed by atoms with Crippen molar-refractivity contribution in [2.24, 2.45) is 0 Å². The van der Waals surface area contributed by atoms with Gasteiger partial charge in [0.2, 0.25) is 15.9 Å². The number of fused-ring (bicyclic) bond motifs is 2. The van der Waals surface area contributed by atoms with E-state index in [9.17, 15) is 17.6 Å². The van der Waals surface area contributed by atoms with Crippen LogP contribution in [0.3, 0.4) is 0 Å². The molecular weight excluding hydrogens is 647 g/mol. The summed E-state index contributed by atoms with van der Waals surface area (Å²) in [6.07, 6.45) is 4.55. The Kier molecular flexibility index (Phi) is 7.87. The number of carbonyl (C=O) groups excluding carboxylic acids is 1. The summed E-state index contributed by atoms with van der Waals surface area (Å²) in [7, 11) is 0.724. The van der Waals surface area contributed by atoms with Crippen LogP contribution in [0.2, 0.25) is 0 Å². The normalized spacial score (nSPS) is 11.6. The number of furan rings is 1. The summed E-state index contributed by atoms with van der Waals surface area (Å²) in [4.78, 5) is 22.4. The summed E-state index contributed by atoms with van der Waals surface area (Å²) in [5, 5.41) is 3.09. The quantitative estimate of drug-likeness (QED) is 0.175. The molecule has 1 amide bonds. The number of anilines is 1. The second-order valence-corrected chi connectivity index (χ2v) is 13.3. The van der Waals surface area contributed by atoms with Crippen LogP contribution in [-0.2, 0) is 10.0 Å². The molecule has 0 bridgehead atoms. The van der Waals surface area contributed by atoms with E-state index in [1.54, 1.807) is 42.7 Å². The van der Waals surface area contributed by atoms with Crippen molar-refractivity contribution >= 4 is 43.7 Å². The number of carbonyl (C=O) groups is 1. The molecule has 0 aliphatic carbocycles. The number of ether oxygens (including phenoxy) is 1. The molecule has 49 heavy (non-hydrogen) atoms. The van der Waals surface area contributed by atoms with Gasteiger partial charge >= 0.3 is 0 Å². The molecule has 3 aromatic heterocycles. The Balaban J connectivity index is 1.47. The standard InChI is InChI=1S/C37H29FN4O6S/c1-39-36(43)33-27-18-26(29(42(2)49(4,44)45)19-32(27)47-35(33)21-10-13-24(38)14-11-21)22-12-15-30(46-3)28(17-22)37-41-34-25(8-5-9-31(34)48-37)23-7-6-16-40-20-23/h5-20H,1-4H3,(H,39,43). The minimum atomic E-state index is -3.75. The molecule has 0 saturated heterocycles. The first-order valence-corrected chi connectivity index (χ1v) is 16.9. The number of oxazole rings is 1. The predicted molar refractivity (Wildman–Crippen MR) is 186 cm³/mol. The minimum Gasteiger partial charge on any atom is -0.496 e. The number of hydrogen-bond donors (Lipinski definition) is 1. The van der Waals surface area contributed by atoms with Gasteiger partial charge in [-0.3, -0.25) is 14.1 Å². The van der Waals surface area contributed by atoms with Crippen molar-refractivity contribution < 1.29 is 31.2 Å². The van der Waals surface area contributed by atoms with Crippen LogP contribution in [0, 0.1) is 5.82 Å². The van der Waals surface area contributed by atoms with Crippen molar-refractivity contribution in [1.82, 2.24) is 15.3 Å². The van der Waals surface area contributed by atoms with Gasteiger partial charge in [-0.1, -0.05) is 24.3 Å². The summed E-state index contributed by atoms with van der Waals surface area (Å²) >= 11 is 0. The molecule has 246 valence electrons. The zero-order chi connectivity index (χ0) is 34.4.